The second-order valence-electron chi connectivity index (χ2n) is 14.7. The summed E-state index contributed by atoms with van der Waals surface area (Å²) >= 11 is 5.30. The molecule has 1 aliphatic rings. The summed E-state index contributed by atoms with van der Waals surface area (Å²) in [5.41, 5.74) is 4.42. The van der Waals surface area contributed by atoms with Crippen molar-refractivity contribution in [3.05, 3.63) is 130 Å². The van der Waals surface area contributed by atoms with Gasteiger partial charge < -0.3 is 14.6 Å². The maximum absolute atomic E-state index is 12.5. The van der Waals surface area contributed by atoms with Gasteiger partial charge in [-0.25, -0.2) is 0 Å². The van der Waals surface area contributed by atoms with Gasteiger partial charge in [-0.2, -0.15) is 0 Å². The van der Waals surface area contributed by atoms with Gasteiger partial charge in [0.15, 0.2) is 29.4 Å². The van der Waals surface area contributed by atoms with E-state index >= 15 is 0 Å². The maximum atomic E-state index is 12.5. The van der Waals surface area contributed by atoms with Crippen LogP contribution in [0.1, 0.15) is 126 Å². The van der Waals surface area contributed by atoms with Crippen LogP contribution in [0.2, 0.25) is 0 Å². The SMILES string of the molecule is CC(C)(C)c1ccc(C(=O)CC(=O)c2ccc(O)cc2)cc1.CC(C)(C)c1ccc(C(=O)CC(=O)c2ccc(OC3CCCCO3)cc2)cc1.I[I-]I. The minimum atomic E-state index is -0.245. The molecule has 7 nitrogen and oxygen atoms in total. The van der Waals surface area contributed by atoms with Gasteiger partial charge in [0.05, 0.1) is 19.4 Å². The molecule has 10 heteroatoms. The fraction of sp³-hybridized carbons (Fsp3) is 0.349. The minimum absolute atomic E-state index is 0.0312. The van der Waals surface area contributed by atoms with Crippen LogP contribution in [0, 0.1) is 0 Å². The summed E-state index contributed by atoms with van der Waals surface area (Å²) < 4.78 is 11.3. The number of carbonyl (C=O) groups is 4. The number of phenolic OH excluding ortho intramolecular Hbond substituents is 1. The Morgan fingerprint density at radius 3 is 1.28 bits per heavy atom. The first-order chi connectivity index (χ1) is 25.0. The van der Waals surface area contributed by atoms with E-state index in [1.165, 1.54) is 24.3 Å². The van der Waals surface area contributed by atoms with Crippen LogP contribution in [0.25, 0.3) is 0 Å². The van der Waals surface area contributed by atoms with Crippen molar-refractivity contribution in [3.63, 3.8) is 0 Å². The molecule has 0 spiro atoms. The molecule has 0 saturated carbocycles. The van der Waals surface area contributed by atoms with Crippen molar-refractivity contribution in [2.45, 2.75) is 90.8 Å². The van der Waals surface area contributed by atoms with Crippen molar-refractivity contribution >= 4 is 60.4 Å². The van der Waals surface area contributed by atoms with Crippen molar-refractivity contribution < 1.29 is 47.0 Å². The number of rotatable bonds is 10. The summed E-state index contributed by atoms with van der Waals surface area (Å²) in [4.78, 5) is 49.2. The zero-order chi connectivity index (χ0) is 39.2. The number of hydrogen-bond donors (Lipinski definition) is 1. The average molecular weight is 1060 g/mol. The number of ketones is 4. The molecule has 1 heterocycles. The van der Waals surface area contributed by atoms with Gasteiger partial charge in [0, 0.05) is 28.7 Å². The number of hydrogen-bond acceptors (Lipinski definition) is 7. The molecule has 0 aliphatic carbocycles. The standard InChI is InChI=1S/C24H28O4.C19H20O3.I3/c1-24(2,3)19-11-7-17(8-12-19)21(25)16-22(26)18-9-13-20(14-10-18)28-23-6-4-5-15-27-23;1-19(2,3)15-8-4-13(5-9-15)17(21)12-18(22)14-6-10-16(20)11-7-14;1-3-2/h7-14,23H,4-6,15-16H2,1-3H3;4-11,20H,12H2,1-3H3;/q;;-1. The Hall–Kier alpha value is -2.69. The number of phenols is 1. The number of benzene rings is 4. The third kappa shape index (κ3) is 15.2. The summed E-state index contributed by atoms with van der Waals surface area (Å²) in [5.74, 6) is -0.0246. The number of carbonyl (C=O) groups excluding carboxylic acids is 4. The Morgan fingerprint density at radius 1 is 0.623 bits per heavy atom. The quantitative estimate of drug-likeness (QED) is 0.0969. The Morgan fingerprint density at radius 2 is 0.962 bits per heavy atom. The Labute approximate surface area is 343 Å². The Bertz CT molecular complexity index is 1780. The van der Waals surface area contributed by atoms with Crippen molar-refractivity contribution in [1.82, 2.24) is 0 Å². The molecule has 1 aliphatic heterocycles. The third-order valence-corrected chi connectivity index (χ3v) is 8.56. The van der Waals surface area contributed by atoms with E-state index < -0.39 is 0 Å². The van der Waals surface area contributed by atoms with E-state index in [9.17, 15) is 24.3 Å². The normalized spacial score (nSPS) is 14.2. The summed E-state index contributed by atoms with van der Waals surface area (Å²) in [7, 11) is 0. The van der Waals surface area contributed by atoms with Crippen LogP contribution in [-0.4, -0.2) is 41.1 Å². The van der Waals surface area contributed by atoms with Crippen LogP contribution in [-0.2, 0) is 15.6 Å². The fourth-order valence-electron chi connectivity index (χ4n) is 5.33. The molecule has 1 N–H and O–H groups in total. The zero-order valence-corrected chi connectivity index (χ0v) is 37.6. The van der Waals surface area contributed by atoms with Crippen molar-refractivity contribution in [2.75, 3.05) is 6.61 Å². The van der Waals surface area contributed by atoms with Gasteiger partial charge in [-0.1, -0.05) is 90.1 Å². The van der Waals surface area contributed by atoms with Gasteiger partial charge in [0.1, 0.15) is 11.5 Å². The fourth-order valence-corrected chi connectivity index (χ4v) is 5.33. The molecule has 1 fully saturated rings. The monoisotopic (exact) mass is 1060 g/mol. The van der Waals surface area contributed by atoms with Gasteiger partial charge in [-0.15, -0.1) is 0 Å². The molecule has 53 heavy (non-hydrogen) atoms. The second kappa shape index (κ2) is 21.4. The van der Waals surface area contributed by atoms with Crippen molar-refractivity contribution in [1.29, 1.82) is 0 Å². The second-order valence-corrected chi connectivity index (χ2v) is 31.0. The molecule has 0 amide bonds. The van der Waals surface area contributed by atoms with Crippen LogP contribution < -0.4 is 18.0 Å². The van der Waals surface area contributed by atoms with E-state index in [4.69, 9.17) is 9.47 Å². The van der Waals surface area contributed by atoms with E-state index in [2.05, 4.69) is 78.8 Å². The molecule has 284 valence electrons. The van der Waals surface area contributed by atoms with Gasteiger partial charge in [-0.05, 0) is 83.3 Å². The van der Waals surface area contributed by atoms with E-state index in [1.807, 2.05) is 24.3 Å². The van der Waals surface area contributed by atoms with E-state index in [0.29, 0.717) is 41.3 Å². The molecule has 0 radical (unpaired) electrons. The predicted octanol–water partition coefficient (Wildman–Crippen LogP) is 8.27. The molecule has 4 aromatic rings. The molecule has 1 atom stereocenters. The first kappa shape index (κ1) is 44.7. The topological polar surface area (TPSA) is 107 Å². The van der Waals surface area contributed by atoms with E-state index in [0.717, 1.165) is 37.0 Å². The number of Topliss-reactive ketones (excluding diaryl/α,β-unsaturated/α-hetero) is 4. The number of aromatic hydroxyl groups is 1. The van der Waals surface area contributed by atoms with Crippen LogP contribution in [0.3, 0.4) is 0 Å². The van der Waals surface area contributed by atoms with Crippen LogP contribution in [0.4, 0.5) is 0 Å². The summed E-state index contributed by atoms with van der Waals surface area (Å²) in [5, 5.41) is 9.21. The van der Waals surface area contributed by atoms with Gasteiger partial charge in [0.25, 0.3) is 0 Å². The first-order valence-corrected chi connectivity index (χ1v) is 30.0. The van der Waals surface area contributed by atoms with Crippen LogP contribution in [0.15, 0.2) is 97.1 Å². The van der Waals surface area contributed by atoms with Crippen LogP contribution in [0.5, 0.6) is 11.5 Å². The third-order valence-electron chi connectivity index (χ3n) is 8.56. The predicted molar refractivity (Wildman–Crippen MR) is 224 cm³/mol. The van der Waals surface area contributed by atoms with Gasteiger partial charge in [-0.3, -0.25) is 19.2 Å². The molecule has 0 aromatic heterocycles. The van der Waals surface area contributed by atoms with Gasteiger partial charge >= 0.3 is 50.5 Å². The van der Waals surface area contributed by atoms with Gasteiger partial charge in [0.2, 0.25) is 0 Å². The van der Waals surface area contributed by atoms with E-state index in [1.54, 1.807) is 48.5 Å². The first-order valence-electron chi connectivity index (χ1n) is 17.4. The number of ether oxygens (including phenoxy) is 2. The molecule has 1 unspecified atom stereocenters. The molecule has 1 saturated heterocycles. The molecular weight excluding hydrogens is 1010 g/mol. The Kier molecular flexibility index (Phi) is 18.1. The zero-order valence-electron chi connectivity index (χ0n) is 31.1. The van der Waals surface area contributed by atoms with E-state index in [-0.39, 0.29) is 58.8 Å². The molecular formula is C43H48I3O7-. The summed E-state index contributed by atoms with van der Waals surface area (Å²) in [6, 6.07) is 27.8. The number of halogens is 3. The molecule has 5 rings (SSSR count). The summed E-state index contributed by atoms with van der Waals surface area (Å²) in [6.45, 7) is 13.4. The molecule has 4 aromatic carbocycles. The van der Waals surface area contributed by atoms with Crippen LogP contribution >= 0.6 is 37.2 Å². The average Bonchev–Trinajstić information content (AvgIpc) is 3.12. The summed E-state index contributed by atoms with van der Waals surface area (Å²) in [6.07, 6.45) is 2.53. The van der Waals surface area contributed by atoms with Crippen molar-refractivity contribution in [3.8, 4) is 11.5 Å². The molecule has 0 bridgehead atoms. The Balaban J connectivity index is 0.000000273. The van der Waals surface area contributed by atoms with Crippen molar-refractivity contribution in [2.24, 2.45) is 0 Å².